The van der Waals surface area contributed by atoms with Gasteiger partial charge in [-0.2, -0.15) is 5.26 Å². The minimum Gasteiger partial charge on any atom is -0.378 e. The van der Waals surface area contributed by atoms with Gasteiger partial charge >= 0.3 is 0 Å². The number of hydrogen-bond acceptors (Lipinski definition) is 6. The lowest BCUT2D eigenvalue weighted by Gasteiger charge is -2.13. The van der Waals surface area contributed by atoms with E-state index in [0.717, 1.165) is 11.4 Å². The van der Waals surface area contributed by atoms with Gasteiger partial charge in [0.1, 0.15) is 5.69 Å². The molecule has 3 aromatic rings. The molecule has 2 N–H and O–H groups in total. The highest BCUT2D eigenvalue weighted by Crippen LogP contribution is 2.18. The number of rotatable bonds is 5. The Hall–Kier alpha value is -3.92. The van der Waals surface area contributed by atoms with Crippen molar-refractivity contribution in [2.24, 2.45) is 0 Å². The summed E-state index contributed by atoms with van der Waals surface area (Å²) in [6.45, 7) is 1.80. The van der Waals surface area contributed by atoms with Crippen molar-refractivity contribution in [1.29, 1.82) is 5.26 Å². The van der Waals surface area contributed by atoms with Crippen LogP contribution in [0.4, 0.5) is 23.0 Å². The van der Waals surface area contributed by atoms with Gasteiger partial charge in [-0.3, -0.25) is 4.79 Å². The normalized spacial score (nSPS) is 10.1. The molecule has 0 radical (unpaired) electrons. The van der Waals surface area contributed by atoms with Crippen molar-refractivity contribution in [2.75, 3.05) is 29.6 Å². The van der Waals surface area contributed by atoms with Crippen LogP contribution in [0.3, 0.4) is 0 Å². The number of nitrogens with one attached hydrogen (secondary N) is 2. The Balaban J connectivity index is 1.76. The lowest BCUT2D eigenvalue weighted by atomic mass is 10.2. The molecule has 7 nitrogen and oxygen atoms in total. The lowest BCUT2D eigenvalue weighted by molar-refractivity contribution is 0.102. The quantitative estimate of drug-likeness (QED) is 0.709. The molecule has 28 heavy (non-hydrogen) atoms. The lowest BCUT2D eigenvalue weighted by Crippen LogP contribution is -2.15. The average Bonchev–Trinajstić information content (AvgIpc) is 2.68. The second kappa shape index (κ2) is 8.18. The van der Waals surface area contributed by atoms with E-state index in [2.05, 4.69) is 26.7 Å². The summed E-state index contributed by atoms with van der Waals surface area (Å²) in [4.78, 5) is 23.2. The molecule has 2 aromatic carbocycles. The molecule has 3 rings (SSSR count). The van der Waals surface area contributed by atoms with E-state index in [0.29, 0.717) is 22.9 Å². The number of carbonyl (C=O) groups excluding carboxylic acids is 1. The van der Waals surface area contributed by atoms with Gasteiger partial charge in [0, 0.05) is 36.9 Å². The largest absolute Gasteiger partial charge is 0.378 e. The maximum Gasteiger partial charge on any atom is 0.274 e. The van der Waals surface area contributed by atoms with Crippen molar-refractivity contribution in [2.45, 2.75) is 6.92 Å². The summed E-state index contributed by atoms with van der Waals surface area (Å²) in [6.07, 6.45) is 0. The summed E-state index contributed by atoms with van der Waals surface area (Å²) in [5.41, 5.74) is 3.96. The van der Waals surface area contributed by atoms with Gasteiger partial charge in [-0.15, -0.1) is 0 Å². The monoisotopic (exact) mass is 372 g/mol. The van der Waals surface area contributed by atoms with Crippen LogP contribution in [0.5, 0.6) is 0 Å². The highest BCUT2D eigenvalue weighted by molar-refractivity contribution is 6.03. The van der Waals surface area contributed by atoms with Crippen molar-refractivity contribution in [3.63, 3.8) is 0 Å². The van der Waals surface area contributed by atoms with Crippen LogP contribution >= 0.6 is 0 Å². The number of hydrogen-bond donors (Lipinski definition) is 2. The predicted molar refractivity (Wildman–Crippen MR) is 110 cm³/mol. The number of aryl methyl sites for hydroxylation is 1. The van der Waals surface area contributed by atoms with Gasteiger partial charge in [0.05, 0.1) is 11.6 Å². The van der Waals surface area contributed by atoms with Gasteiger partial charge in [0.25, 0.3) is 5.91 Å². The molecular formula is C21H20N6O. The summed E-state index contributed by atoms with van der Waals surface area (Å²) in [5.74, 6) is 0.00351. The second-order valence-corrected chi connectivity index (χ2v) is 6.43. The molecule has 7 heteroatoms. The van der Waals surface area contributed by atoms with Crippen molar-refractivity contribution >= 4 is 28.9 Å². The fraction of sp³-hybridized carbons (Fsp3) is 0.143. The summed E-state index contributed by atoms with van der Waals surface area (Å²) in [7, 11) is 3.92. The highest BCUT2D eigenvalue weighted by Gasteiger charge is 2.11. The van der Waals surface area contributed by atoms with Gasteiger partial charge in [-0.1, -0.05) is 0 Å². The third kappa shape index (κ3) is 4.62. The molecule has 0 spiro atoms. The fourth-order valence-corrected chi connectivity index (χ4v) is 2.54. The van der Waals surface area contributed by atoms with E-state index in [-0.39, 0.29) is 11.6 Å². The van der Waals surface area contributed by atoms with Crippen LogP contribution in [-0.4, -0.2) is 30.0 Å². The van der Waals surface area contributed by atoms with Crippen LogP contribution in [-0.2, 0) is 0 Å². The number of aromatic nitrogens is 2. The van der Waals surface area contributed by atoms with Crippen LogP contribution in [0, 0.1) is 18.3 Å². The molecule has 0 saturated carbocycles. The third-order valence-electron chi connectivity index (χ3n) is 4.00. The Kier molecular flexibility index (Phi) is 5.51. The Labute approximate surface area is 163 Å². The first-order valence-corrected chi connectivity index (χ1v) is 8.66. The van der Waals surface area contributed by atoms with E-state index < -0.39 is 0 Å². The molecule has 0 unspecified atom stereocenters. The number of nitriles is 1. The fourth-order valence-electron chi connectivity index (χ4n) is 2.54. The molecule has 0 bridgehead atoms. The highest BCUT2D eigenvalue weighted by atomic mass is 16.1. The van der Waals surface area contributed by atoms with Gasteiger partial charge in [0.2, 0.25) is 5.95 Å². The summed E-state index contributed by atoms with van der Waals surface area (Å²) in [6, 6.07) is 18.2. The second-order valence-electron chi connectivity index (χ2n) is 6.43. The Morgan fingerprint density at radius 3 is 2.25 bits per heavy atom. The number of amides is 1. The molecule has 1 amide bonds. The smallest absolute Gasteiger partial charge is 0.274 e. The van der Waals surface area contributed by atoms with Crippen molar-refractivity contribution < 1.29 is 4.79 Å². The maximum atomic E-state index is 12.6. The SMILES string of the molecule is Cc1cc(C(=O)Nc2ccc(N(C)C)cc2)nc(Nc2ccc(C#N)cc2)n1. The van der Waals surface area contributed by atoms with Gasteiger partial charge in [-0.05, 0) is 61.5 Å². The summed E-state index contributed by atoms with van der Waals surface area (Å²) < 4.78 is 0. The van der Waals surface area contributed by atoms with Crippen LogP contribution in [0.1, 0.15) is 21.7 Å². The minimum atomic E-state index is -0.314. The zero-order valence-corrected chi connectivity index (χ0v) is 15.9. The number of carbonyl (C=O) groups is 1. The zero-order valence-electron chi connectivity index (χ0n) is 15.9. The molecule has 0 aliphatic carbocycles. The molecule has 0 saturated heterocycles. The van der Waals surface area contributed by atoms with Gasteiger partial charge < -0.3 is 15.5 Å². The van der Waals surface area contributed by atoms with Gasteiger partial charge in [0.15, 0.2) is 0 Å². The van der Waals surface area contributed by atoms with E-state index >= 15 is 0 Å². The molecule has 0 atom stereocenters. The minimum absolute atomic E-state index is 0.264. The first kappa shape index (κ1) is 18.9. The molecule has 0 aliphatic rings. The zero-order chi connectivity index (χ0) is 20.1. The Morgan fingerprint density at radius 1 is 1.00 bits per heavy atom. The third-order valence-corrected chi connectivity index (χ3v) is 4.00. The number of benzene rings is 2. The molecule has 1 heterocycles. The number of nitrogens with zero attached hydrogens (tertiary/aromatic N) is 4. The van der Waals surface area contributed by atoms with Crippen LogP contribution < -0.4 is 15.5 Å². The molecule has 1 aromatic heterocycles. The first-order chi connectivity index (χ1) is 13.4. The summed E-state index contributed by atoms with van der Waals surface area (Å²) in [5, 5.41) is 14.8. The van der Waals surface area contributed by atoms with Crippen LogP contribution in [0.25, 0.3) is 0 Å². The molecule has 0 fully saturated rings. The standard InChI is InChI=1S/C21H20N6O/c1-14-12-19(20(28)24-16-8-10-18(11-9-16)27(2)3)26-21(23-14)25-17-6-4-15(13-22)5-7-17/h4-12H,1-3H3,(H,24,28)(H,23,25,26). The predicted octanol–water partition coefficient (Wildman–Crippen LogP) is 3.72. The Morgan fingerprint density at radius 2 is 1.64 bits per heavy atom. The van der Waals surface area contributed by atoms with Crippen LogP contribution in [0.15, 0.2) is 54.6 Å². The van der Waals surface area contributed by atoms with E-state index in [1.165, 1.54) is 0 Å². The van der Waals surface area contributed by atoms with Gasteiger partial charge in [-0.25, -0.2) is 9.97 Å². The molecular weight excluding hydrogens is 352 g/mol. The van der Waals surface area contributed by atoms with E-state index in [1.54, 1.807) is 37.3 Å². The van der Waals surface area contributed by atoms with Crippen molar-refractivity contribution in [3.8, 4) is 6.07 Å². The van der Waals surface area contributed by atoms with E-state index in [9.17, 15) is 4.79 Å². The molecule has 140 valence electrons. The first-order valence-electron chi connectivity index (χ1n) is 8.66. The van der Waals surface area contributed by atoms with E-state index in [1.807, 2.05) is 43.3 Å². The molecule has 0 aliphatic heterocycles. The van der Waals surface area contributed by atoms with Crippen LogP contribution in [0.2, 0.25) is 0 Å². The maximum absolute atomic E-state index is 12.6. The van der Waals surface area contributed by atoms with Crippen molar-refractivity contribution in [1.82, 2.24) is 9.97 Å². The van der Waals surface area contributed by atoms with Crippen molar-refractivity contribution in [3.05, 3.63) is 71.5 Å². The van der Waals surface area contributed by atoms with E-state index in [4.69, 9.17) is 5.26 Å². The Bertz CT molecular complexity index is 1020. The topological polar surface area (TPSA) is 93.9 Å². The number of anilines is 4. The summed E-state index contributed by atoms with van der Waals surface area (Å²) >= 11 is 0. The average molecular weight is 372 g/mol.